The minimum atomic E-state index is -1.65. The molecular formula is C3H6O3S. The molecule has 3 nitrogen and oxygen atoms in total. The summed E-state index contributed by atoms with van der Waals surface area (Å²) in [6, 6.07) is 0. The van der Waals surface area contributed by atoms with Crippen LogP contribution in [0.4, 0.5) is 0 Å². The summed E-state index contributed by atoms with van der Waals surface area (Å²) in [5.74, 6) is 0. The van der Waals surface area contributed by atoms with Crippen LogP contribution in [0.2, 0.25) is 0 Å². The van der Waals surface area contributed by atoms with E-state index in [0.29, 0.717) is 0 Å². The van der Waals surface area contributed by atoms with Crippen molar-refractivity contribution in [2.24, 2.45) is 0 Å². The minimum Gasteiger partial charge on any atom is -0.389 e. The van der Waals surface area contributed by atoms with Crippen molar-refractivity contribution in [1.82, 2.24) is 0 Å². The first-order valence-corrected chi connectivity index (χ1v) is 2.55. The molecule has 42 valence electrons. The van der Waals surface area contributed by atoms with Gasteiger partial charge in [0.2, 0.25) is 0 Å². The Morgan fingerprint density at radius 3 is 2.57 bits per heavy atom. The Labute approximate surface area is 44.8 Å². The fourth-order valence-electron chi connectivity index (χ4n) is 0.0948. The molecule has 0 heterocycles. The predicted octanol–water partition coefficient (Wildman–Crippen LogP) is 0.372. The number of hydrogen-bond acceptors (Lipinski definition) is 3. The minimum absolute atomic E-state index is 1.06. The van der Waals surface area contributed by atoms with Crippen LogP contribution in [-0.2, 0) is 19.7 Å². The van der Waals surface area contributed by atoms with Crippen molar-refractivity contribution >= 4 is 11.4 Å². The lowest BCUT2D eigenvalue weighted by molar-refractivity contribution is 0.361. The third-order valence-corrected chi connectivity index (χ3v) is 0.848. The highest BCUT2D eigenvalue weighted by Crippen LogP contribution is 1.82. The molecule has 0 saturated heterocycles. The summed E-state index contributed by atoms with van der Waals surface area (Å²) in [7, 11) is 1.28. The van der Waals surface area contributed by atoms with Gasteiger partial charge in [0, 0.05) is 0 Å². The Hall–Kier alpha value is -0.350. The van der Waals surface area contributed by atoms with E-state index in [2.05, 4.69) is 14.9 Å². The predicted molar refractivity (Wildman–Crippen MR) is 26.4 cm³/mol. The average molecular weight is 122 g/mol. The summed E-state index contributed by atoms with van der Waals surface area (Å²) in [4.78, 5) is 0. The molecule has 0 aromatic heterocycles. The van der Waals surface area contributed by atoms with Gasteiger partial charge in [-0.1, -0.05) is 6.58 Å². The topological polar surface area (TPSA) is 35.5 Å². The summed E-state index contributed by atoms with van der Waals surface area (Å²) >= 11 is -1.65. The molecular weight excluding hydrogens is 116 g/mol. The average Bonchev–Trinajstić information content (AvgIpc) is 1.68. The van der Waals surface area contributed by atoms with E-state index in [-0.39, 0.29) is 0 Å². The molecule has 0 aromatic rings. The Kier molecular flexibility index (Phi) is 3.64. The van der Waals surface area contributed by atoms with E-state index >= 15 is 0 Å². The molecule has 0 bridgehead atoms. The largest absolute Gasteiger partial charge is 0.389 e. The molecule has 0 aliphatic rings. The van der Waals surface area contributed by atoms with Crippen molar-refractivity contribution in [3.05, 3.63) is 12.8 Å². The molecule has 0 amide bonds. The highest BCUT2D eigenvalue weighted by atomic mass is 32.2. The van der Waals surface area contributed by atoms with E-state index in [0.717, 1.165) is 6.26 Å². The maximum atomic E-state index is 10.0. The van der Waals surface area contributed by atoms with Crippen molar-refractivity contribution in [2.45, 2.75) is 0 Å². The van der Waals surface area contributed by atoms with Crippen LogP contribution in [0.15, 0.2) is 12.8 Å². The third kappa shape index (κ3) is 3.48. The van der Waals surface area contributed by atoms with Crippen LogP contribution in [0.5, 0.6) is 0 Å². The van der Waals surface area contributed by atoms with Crippen molar-refractivity contribution in [3.8, 4) is 0 Å². The normalized spacial score (nSPS) is 12.7. The lowest BCUT2D eigenvalue weighted by Crippen LogP contribution is -1.90. The molecule has 0 spiro atoms. The Bertz CT molecular complexity index is 80.2. The first-order chi connectivity index (χ1) is 3.31. The van der Waals surface area contributed by atoms with E-state index in [9.17, 15) is 4.21 Å². The molecule has 0 aromatic carbocycles. The Morgan fingerprint density at radius 1 is 1.86 bits per heavy atom. The van der Waals surface area contributed by atoms with Gasteiger partial charge in [-0.05, 0) is 0 Å². The van der Waals surface area contributed by atoms with E-state index in [1.165, 1.54) is 7.11 Å². The fraction of sp³-hybridized carbons (Fsp3) is 0.333. The smallest absolute Gasteiger partial charge is 0.359 e. The maximum absolute atomic E-state index is 10.0. The SMILES string of the molecule is C=COS(=O)OC. The molecule has 0 aliphatic carbocycles. The van der Waals surface area contributed by atoms with Gasteiger partial charge in [0.05, 0.1) is 13.4 Å². The Morgan fingerprint density at radius 2 is 2.43 bits per heavy atom. The van der Waals surface area contributed by atoms with Crippen LogP contribution in [0.1, 0.15) is 0 Å². The van der Waals surface area contributed by atoms with Gasteiger partial charge in [-0.2, -0.15) is 4.21 Å². The molecule has 0 N–H and O–H groups in total. The molecule has 0 aliphatic heterocycles. The monoisotopic (exact) mass is 122 g/mol. The highest BCUT2D eigenvalue weighted by Gasteiger charge is 1.87. The van der Waals surface area contributed by atoms with Gasteiger partial charge >= 0.3 is 11.4 Å². The number of rotatable bonds is 3. The van der Waals surface area contributed by atoms with Crippen LogP contribution in [0.3, 0.4) is 0 Å². The Balaban J connectivity index is 3.17. The second-order valence-electron chi connectivity index (χ2n) is 0.634. The second kappa shape index (κ2) is 3.83. The van der Waals surface area contributed by atoms with E-state index in [1.807, 2.05) is 0 Å². The van der Waals surface area contributed by atoms with Crippen molar-refractivity contribution < 1.29 is 12.6 Å². The van der Waals surface area contributed by atoms with Crippen LogP contribution in [0, 0.1) is 0 Å². The molecule has 7 heavy (non-hydrogen) atoms. The van der Waals surface area contributed by atoms with Crippen LogP contribution >= 0.6 is 0 Å². The summed E-state index contributed by atoms with van der Waals surface area (Å²) in [6.07, 6.45) is 1.06. The molecule has 1 atom stereocenters. The standard InChI is InChI=1S/C3H6O3S/c1-3-6-7(4)5-2/h3H,1H2,2H3. The summed E-state index contributed by atoms with van der Waals surface area (Å²) in [5, 5.41) is 0. The molecule has 4 heteroatoms. The van der Waals surface area contributed by atoms with Gasteiger partial charge in [0.25, 0.3) is 0 Å². The lowest BCUT2D eigenvalue weighted by atomic mass is 11.2. The van der Waals surface area contributed by atoms with Crippen LogP contribution < -0.4 is 0 Å². The van der Waals surface area contributed by atoms with Gasteiger partial charge in [-0.25, -0.2) is 0 Å². The van der Waals surface area contributed by atoms with Gasteiger partial charge in [0.1, 0.15) is 0 Å². The zero-order valence-corrected chi connectivity index (χ0v) is 4.73. The fourth-order valence-corrected chi connectivity index (χ4v) is 0.285. The van der Waals surface area contributed by atoms with Gasteiger partial charge < -0.3 is 4.18 Å². The van der Waals surface area contributed by atoms with Crippen molar-refractivity contribution in [3.63, 3.8) is 0 Å². The highest BCUT2D eigenvalue weighted by molar-refractivity contribution is 7.75. The lowest BCUT2D eigenvalue weighted by Gasteiger charge is -1.90. The van der Waals surface area contributed by atoms with Crippen molar-refractivity contribution in [1.29, 1.82) is 0 Å². The first-order valence-electron chi connectivity index (χ1n) is 1.55. The molecule has 0 rings (SSSR count). The zero-order valence-electron chi connectivity index (χ0n) is 3.92. The van der Waals surface area contributed by atoms with E-state index < -0.39 is 11.4 Å². The number of hydrogen-bond donors (Lipinski definition) is 0. The van der Waals surface area contributed by atoms with Gasteiger partial charge in [-0.3, -0.25) is 4.18 Å². The van der Waals surface area contributed by atoms with Gasteiger partial charge in [0.15, 0.2) is 0 Å². The van der Waals surface area contributed by atoms with Gasteiger partial charge in [-0.15, -0.1) is 0 Å². The first kappa shape index (κ1) is 6.65. The zero-order chi connectivity index (χ0) is 5.70. The van der Waals surface area contributed by atoms with Crippen LogP contribution in [-0.4, -0.2) is 11.3 Å². The summed E-state index contributed by atoms with van der Waals surface area (Å²) in [6.45, 7) is 3.15. The summed E-state index contributed by atoms with van der Waals surface area (Å²) in [5.41, 5.74) is 0. The third-order valence-electron chi connectivity index (χ3n) is 0.283. The quantitative estimate of drug-likeness (QED) is 0.507. The maximum Gasteiger partial charge on any atom is 0.359 e. The molecule has 0 saturated carbocycles. The molecule has 1 unspecified atom stereocenters. The van der Waals surface area contributed by atoms with Crippen LogP contribution in [0.25, 0.3) is 0 Å². The van der Waals surface area contributed by atoms with Crippen molar-refractivity contribution in [2.75, 3.05) is 7.11 Å². The summed E-state index contributed by atoms with van der Waals surface area (Å²) < 4.78 is 18.4. The van der Waals surface area contributed by atoms with E-state index in [4.69, 9.17) is 0 Å². The van der Waals surface area contributed by atoms with E-state index in [1.54, 1.807) is 0 Å². The molecule has 0 radical (unpaired) electrons. The molecule has 0 fully saturated rings. The second-order valence-corrected chi connectivity index (χ2v) is 1.57.